The van der Waals surface area contributed by atoms with Crippen molar-refractivity contribution in [2.75, 3.05) is 12.8 Å². The van der Waals surface area contributed by atoms with Crippen LogP contribution in [0, 0.1) is 0 Å². The maximum absolute atomic E-state index is 12.3. The fourth-order valence-corrected chi connectivity index (χ4v) is 2.63. The molecule has 8 nitrogen and oxygen atoms in total. The third kappa shape index (κ3) is 3.10. The zero-order chi connectivity index (χ0) is 18.1. The van der Waals surface area contributed by atoms with Gasteiger partial charge in [0.2, 0.25) is 5.95 Å². The van der Waals surface area contributed by atoms with Crippen molar-refractivity contribution < 1.29 is 9.53 Å². The van der Waals surface area contributed by atoms with E-state index in [1.807, 2.05) is 13.8 Å². The highest BCUT2D eigenvalue weighted by Crippen LogP contribution is 2.34. The number of nitrogen functional groups attached to an aromatic ring is 1. The fourth-order valence-electron chi connectivity index (χ4n) is 2.63. The molecule has 130 valence electrons. The molecule has 0 atom stereocenters. The molecule has 0 fully saturated rings. The van der Waals surface area contributed by atoms with Gasteiger partial charge in [0, 0.05) is 30.4 Å². The number of carbonyl (C=O) groups is 1. The number of nitrogens with one attached hydrogen (secondary N) is 1. The summed E-state index contributed by atoms with van der Waals surface area (Å²) in [6, 6.07) is 5.28. The summed E-state index contributed by atoms with van der Waals surface area (Å²) < 4.78 is 7.08. The Kier molecular flexibility index (Phi) is 4.26. The number of anilines is 1. The second-order valence-electron chi connectivity index (χ2n) is 5.98. The summed E-state index contributed by atoms with van der Waals surface area (Å²) in [4.78, 5) is 20.6. The summed E-state index contributed by atoms with van der Waals surface area (Å²) in [7, 11) is 3.35. The summed E-state index contributed by atoms with van der Waals surface area (Å²) >= 11 is 0. The number of benzene rings is 1. The van der Waals surface area contributed by atoms with E-state index >= 15 is 0 Å². The van der Waals surface area contributed by atoms with Gasteiger partial charge in [0.25, 0.3) is 5.91 Å². The molecule has 2 aromatic heterocycles. The van der Waals surface area contributed by atoms with Gasteiger partial charge in [0.15, 0.2) is 5.65 Å². The number of methoxy groups -OCH3 is 1. The number of nitrogens with two attached hydrogens (primary N) is 1. The van der Waals surface area contributed by atoms with Crippen molar-refractivity contribution in [1.29, 1.82) is 0 Å². The number of rotatable bonds is 4. The minimum Gasteiger partial charge on any atom is -0.496 e. The van der Waals surface area contributed by atoms with Crippen LogP contribution in [0.3, 0.4) is 0 Å². The van der Waals surface area contributed by atoms with Gasteiger partial charge in [-0.25, -0.2) is 9.67 Å². The minimum atomic E-state index is -0.153. The average molecular weight is 340 g/mol. The summed E-state index contributed by atoms with van der Waals surface area (Å²) in [5.41, 5.74) is 8.13. The lowest BCUT2D eigenvalue weighted by atomic mass is 10.0. The van der Waals surface area contributed by atoms with Gasteiger partial charge < -0.3 is 15.8 Å². The first-order valence-electron chi connectivity index (χ1n) is 7.85. The van der Waals surface area contributed by atoms with Gasteiger partial charge >= 0.3 is 0 Å². The molecule has 1 aromatic carbocycles. The third-order valence-corrected chi connectivity index (χ3v) is 3.74. The average Bonchev–Trinajstić information content (AvgIpc) is 2.90. The van der Waals surface area contributed by atoms with Crippen molar-refractivity contribution in [3.63, 3.8) is 0 Å². The lowest BCUT2D eigenvalue weighted by molar-refractivity contribution is 0.0943. The lowest BCUT2D eigenvalue weighted by Crippen LogP contribution is -2.30. The van der Waals surface area contributed by atoms with Crippen LogP contribution in [0.1, 0.15) is 24.2 Å². The van der Waals surface area contributed by atoms with Crippen molar-refractivity contribution in [3.8, 4) is 17.0 Å². The van der Waals surface area contributed by atoms with Gasteiger partial charge in [0.1, 0.15) is 11.4 Å². The number of aryl methyl sites for hydroxylation is 1. The van der Waals surface area contributed by atoms with Gasteiger partial charge in [0.05, 0.1) is 12.5 Å². The molecule has 25 heavy (non-hydrogen) atoms. The SMILES string of the molecule is COc1ccc(C(=O)NC(C)C)cc1-c1nn(C)c2nc(N)ncc12. The first-order valence-corrected chi connectivity index (χ1v) is 7.85. The number of amides is 1. The largest absolute Gasteiger partial charge is 0.496 e. The van der Waals surface area contributed by atoms with E-state index in [0.717, 1.165) is 5.39 Å². The van der Waals surface area contributed by atoms with E-state index < -0.39 is 0 Å². The van der Waals surface area contributed by atoms with Crippen molar-refractivity contribution in [3.05, 3.63) is 30.0 Å². The number of nitrogens with zero attached hydrogens (tertiary/aromatic N) is 4. The highest BCUT2D eigenvalue weighted by atomic mass is 16.5. The van der Waals surface area contributed by atoms with Crippen LogP contribution in [0.4, 0.5) is 5.95 Å². The van der Waals surface area contributed by atoms with Crippen LogP contribution in [-0.2, 0) is 7.05 Å². The number of ether oxygens (including phenoxy) is 1. The number of fused-ring (bicyclic) bond motifs is 1. The molecule has 1 amide bonds. The van der Waals surface area contributed by atoms with Crippen molar-refractivity contribution >= 4 is 22.9 Å². The highest BCUT2D eigenvalue weighted by molar-refractivity contribution is 5.98. The summed E-state index contributed by atoms with van der Waals surface area (Å²) in [5.74, 6) is 0.636. The monoisotopic (exact) mass is 340 g/mol. The van der Waals surface area contributed by atoms with E-state index in [0.29, 0.717) is 28.2 Å². The van der Waals surface area contributed by atoms with Crippen LogP contribution in [0.2, 0.25) is 0 Å². The van der Waals surface area contributed by atoms with Crippen LogP contribution in [0.25, 0.3) is 22.3 Å². The molecule has 0 bridgehead atoms. The quantitative estimate of drug-likeness (QED) is 0.749. The molecule has 0 aliphatic heterocycles. The minimum absolute atomic E-state index is 0.0464. The van der Waals surface area contributed by atoms with Crippen LogP contribution in [0.5, 0.6) is 5.75 Å². The Hall–Kier alpha value is -3.16. The first-order chi connectivity index (χ1) is 11.9. The molecule has 0 spiro atoms. The molecule has 3 aromatic rings. The number of hydrogen-bond donors (Lipinski definition) is 2. The van der Waals surface area contributed by atoms with Gasteiger partial charge in [-0.2, -0.15) is 10.1 Å². The van der Waals surface area contributed by atoms with Gasteiger partial charge in [-0.3, -0.25) is 4.79 Å². The standard InChI is InChI=1S/C17H20N6O2/c1-9(2)20-16(24)10-5-6-13(25-4)11(7-10)14-12-8-19-17(18)21-15(12)23(3)22-14/h5-9H,1-4H3,(H,20,24)(H2,18,19,21). The normalized spacial score (nSPS) is 11.1. The summed E-state index contributed by atoms with van der Waals surface area (Å²) in [5, 5.41) is 8.13. The molecule has 0 aliphatic rings. The molecule has 0 radical (unpaired) electrons. The Morgan fingerprint density at radius 3 is 2.80 bits per heavy atom. The van der Waals surface area contributed by atoms with E-state index in [9.17, 15) is 4.79 Å². The Labute approximate surface area is 145 Å². The Morgan fingerprint density at radius 1 is 1.36 bits per heavy atom. The second kappa shape index (κ2) is 6.39. The number of aromatic nitrogens is 4. The van der Waals surface area contributed by atoms with Crippen molar-refractivity contribution in [2.24, 2.45) is 7.05 Å². The van der Waals surface area contributed by atoms with Crippen LogP contribution in [0.15, 0.2) is 24.4 Å². The number of carbonyl (C=O) groups excluding carboxylic acids is 1. The summed E-state index contributed by atoms with van der Waals surface area (Å²) in [6.07, 6.45) is 1.63. The van der Waals surface area contributed by atoms with Crippen molar-refractivity contribution in [2.45, 2.75) is 19.9 Å². The Balaban J connectivity index is 2.17. The zero-order valence-electron chi connectivity index (χ0n) is 14.6. The predicted octanol–water partition coefficient (Wildman–Crippen LogP) is 1.76. The molecule has 3 rings (SSSR count). The molecular formula is C17H20N6O2. The lowest BCUT2D eigenvalue weighted by Gasteiger charge is -2.11. The fraction of sp³-hybridized carbons (Fsp3) is 0.294. The summed E-state index contributed by atoms with van der Waals surface area (Å²) in [6.45, 7) is 3.83. The second-order valence-corrected chi connectivity index (χ2v) is 5.98. The number of hydrogen-bond acceptors (Lipinski definition) is 6. The van der Waals surface area contributed by atoms with E-state index in [2.05, 4.69) is 20.4 Å². The van der Waals surface area contributed by atoms with Crippen molar-refractivity contribution in [1.82, 2.24) is 25.1 Å². The van der Waals surface area contributed by atoms with Gasteiger partial charge in [-0.05, 0) is 32.0 Å². The smallest absolute Gasteiger partial charge is 0.251 e. The molecular weight excluding hydrogens is 320 g/mol. The predicted molar refractivity (Wildman–Crippen MR) is 95.3 cm³/mol. The van der Waals surface area contributed by atoms with E-state index in [4.69, 9.17) is 10.5 Å². The van der Waals surface area contributed by atoms with Crippen LogP contribution in [-0.4, -0.2) is 38.8 Å². The third-order valence-electron chi connectivity index (χ3n) is 3.74. The molecule has 0 saturated carbocycles. The Bertz CT molecular complexity index is 948. The Morgan fingerprint density at radius 2 is 2.12 bits per heavy atom. The molecule has 3 N–H and O–H groups in total. The molecule has 0 saturated heterocycles. The maximum atomic E-state index is 12.3. The molecule has 0 unspecified atom stereocenters. The molecule has 2 heterocycles. The maximum Gasteiger partial charge on any atom is 0.251 e. The van der Waals surface area contributed by atoms with E-state index in [1.165, 1.54) is 0 Å². The van der Waals surface area contributed by atoms with Crippen LogP contribution >= 0.6 is 0 Å². The van der Waals surface area contributed by atoms with E-state index in [1.54, 1.807) is 43.2 Å². The van der Waals surface area contributed by atoms with E-state index in [-0.39, 0.29) is 17.9 Å². The molecule has 8 heteroatoms. The van der Waals surface area contributed by atoms with Crippen LogP contribution < -0.4 is 15.8 Å². The molecule has 0 aliphatic carbocycles. The zero-order valence-corrected chi connectivity index (χ0v) is 14.6. The van der Waals surface area contributed by atoms with Gasteiger partial charge in [-0.1, -0.05) is 0 Å². The first kappa shape index (κ1) is 16.7. The topological polar surface area (TPSA) is 108 Å². The van der Waals surface area contributed by atoms with Gasteiger partial charge in [-0.15, -0.1) is 0 Å². The highest BCUT2D eigenvalue weighted by Gasteiger charge is 2.18.